The molecule has 0 aliphatic carbocycles. The van der Waals surface area contributed by atoms with Gasteiger partial charge in [0.05, 0.1) is 0 Å². The van der Waals surface area contributed by atoms with Crippen LogP contribution in [0.25, 0.3) is 0 Å². The van der Waals surface area contributed by atoms with Crippen molar-refractivity contribution in [1.82, 2.24) is 0 Å². The third-order valence-corrected chi connectivity index (χ3v) is 1.08. The quantitative estimate of drug-likeness (QED) is 0.429. The Morgan fingerprint density at radius 3 is 2.62 bits per heavy atom. The Hall–Kier alpha value is -0.170. The Labute approximate surface area is 56.7 Å². The molecule has 0 heterocycles. The predicted octanol–water partition coefficient (Wildman–Crippen LogP) is 2.79. The molecule has 0 rings (SSSR count). The molecule has 0 unspecified atom stereocenters. The van der Waals surface area contributed by atoms with Gasteiger partial charge in [-0.3, -0.25) is 0 Å². The summed E-state index contributed by atoms with van der Waals surface area (Å²) in [6.07, 6.45) is 7.09. The normalized spacial score (nSPS) is 13.1. The first-order valence-electron chi connectivity index (χ1n) is 2.83. The molecule has 0 spiro atoms. The van der Waals surface area contributed by atoms with Crippen molar-refractivity contribution in [2.24, 2.45) is 0 Å². The summed E-state index contributed by atoms with van der Waals surface area (Å²) in [5, 5.41) is 0. The fourth-order valence-corrected chi connectivity index (χ4v) is 0.780. The van der Waals surface area contributed by atoms with Gasteiger partial charge in [0.25, 0.3) is 0 Å². The Morgan fingerprint density at radius 2 is 2.25 bits per heavy atom. The largest absolute Gasteiger partial charge is 0.144 e. The van der Waals surface area contributed by atoms with Crippen LogP contribution in [0.2, 0.25) is 0 Å². The predicted molar refractivity (Wildman–Crippen MR) is 42.2 cm³/mol. The van der Waals surface area contributed by atoms with Gasteiger partial charge >= 0.3 is 0 Å². The van der Waals surface area contributed by atoms with E-state index in [1.54, 1.807) is 0 Å². The summed E-state index contributed by atoms with van der Waals surface area (Å²) in [6.45, 7) is 4.08. The zero-order valence-electron chi connectivity index (χ0n) is 5.39. The second-order valence-electron chi connectivity index (χ2n) is 1.54. The second-order valence-corrected chi connectivity index (χ2v) is 2.05. The van der Waals surface area contributed by atoms with Gasteiger partial charge < -0.3 is 0 Å². The van der Waals surface area contributed by atoms with E-state index in [9.17, 15) is 0 Å². The van der Waals surface area contributed by atoms with Crippen molar-refractivity contribution >= 4 is 12.6 Å². The molecule has 0 aromatic carbocycles. The monoisotopic (exact) mass is 128 g/mol. The fraction of sp³-hybridized carbons (Fsp3) is 0.429. The lowest BCUT2D eigenvalue weighted by Gasteiger charge is -1.84. The van der Waals surface area contributed by atoms with E-state index in [0.29, 0.717) is 0 Å². The second kappa shape index (κ2) is 4.98. The lowest BCUT2D eigenvalue weighted by atomic mass is 10.4. The van der Waals surface area contributed by atoms with E-state index in [1.807, 2.05) is 19.1 Å². The fourth-order valence-electron chi connectivity index (χ4n) is 0.448. The van der Waals surface area contributed by atoms with E-state index >= 15 is 0 Å². The topological polar surface area (TPSA) is 0 Å². The molecule has 0 N–H and O–H groups in total. The smallest absolute Gasteiger partial charge is 0.000338 e. The highest BCUT2D eigenvalue weighted by Gasteiger charge is 1.75. The highest BCUT2D eigenvalue weighted by Crippen LogP contribution is 2.02. The van der Waals surface area contributed by atoms with Crippen LogP contribution < -0.4 is 0 Å². The lowest BCUT2D eigenvalue weighted by Crippen LogP contribution is -1.60. The summed E-state index contributed by atoms with van der Waals surface area (Å²) < 4.78 is 0. The van der Waals surface area contributed by atoms with Crippen LogP contribution in [0.15, 0.2) is 23.1 Å². The summed E-state index contributed by atoms with van der Waals surface area (Å²) in [5.41, 5.74) is 0. The van der Waals surface area contributed by atoms with Gasteiger partial charge in [-0.2, -0.15) is 0 Å². The molecule has 0 radical (unpaired) electrons. The van der Waals surface area contributed by atoms with Crippen molar-refractivity contribution in [2.45, 2.75) is 20.3 Å². The average Bonchev–Trinajstić information content (AvgIpc) is 1.68. The van der Waals surface area contributed by atoms with Gasteiger partial charge in [-0.05, 0) is 18.2 Å². The molecular weight excluding hydrogens is 116 g/mol. The van der Waals surface area contributed by atoms with Gasteiger partial charge in [0.2, 0.25) is 0 Å². The molecular formula is C7H12S. The molecule has 0 atom stereocenters. The molecule has 0 saturated heterocycles. The van der Waals surface area contributed by atoms with Crippen LogP contribution in [0, 0.1) is 0 Å². The molecule has 0 aromatic heterocycles. The minimum atomic E-state index is 1.05. The van der Waals surface area contributed by atoms with E-state index in [0.717, 1.165) is 11.3 Å². The van der Waals surface area contributed by atoms with Gasteiger partial charge in [0, 0.05) is 0 Å². The standard InChI is InChI=1S/C7H12S/c1-3-5-7(8)6-4-2/h3,5-6,8H,4H2,1-2H3/b5-3?,7-6+. The van der Waals surface area contributed by atoms with Crippen LogP contribution in [-0.4, -0.2) is 0 Å². The number of allylic oxidation sites excluding steroid dienone is 3. The van der Waals surface area contributed by atoms with Crippen LogP contribution in [0.1, 0.15) is 20.3 Å². The van der Waals surface area contributed by atoms with Gasteiger partial charge in [0.1, 0.15) is 0 Å². The molecule has 46 valence electrons. The molecule has 8 heavy (non-hydrogen) atoms. The van der Waals surface area contributed by atoms with Crippen LogP contribution in [0.5, 0.6) is 0 Å². The zero-order valence-corrected chi connectivity index (χ0v) is 6.28. The van der Waals surface area contributed by atoms with E-state index in [2.05, 4.69) is 25.6 Å². The van der Waals surface area contributed by atoms with Gasteiger partial charge in [-0.1, -0.05) is 25.2 Å². The van der Waals surface area contributed by atoms with Crippen LogP contribution in [-0.2, 0) is 0 Å². The lowest BCUT2D eigenvalue weighted by molar-refractivity contribution is 1.22. The molecule has 0 saturated carbocycles. The molecule has 1 heteroatoms. The van der Waals surface area contributed by atoms with Crippen molar-refractivity contribution in [3.63, 3.8) is 0 Å². The molecule has 0 bridgehead atoms. The Kier molecular flexibility index (Phi) is 4.87. The van der Waals surface area contributed by atoms with Gasteiger partial charge in [-0.15, -0.1) is 12.6 Å². The van der Waals surface area contributed by atoms with E-state index in [1.165, 1.54) is 0 Å². The van der Waals surface area contributed by atoms with Crippen molar-refractivity contribution in [3.05, 3.63) is 23.1 Å². The highest BCUT2D eigenvalue weighted by molar-refractivity contribution is 7.84. The van der Waals surface area contributed by atoms with Crippen LogP contribution >= 0.6 is 12.6 Å². The summed E-state index contributed by atoms with van der Waals surface area (Å²) in [6, 6.07) is 0. The molecule has 0 fully saturated rings. The number of thiol groups is 1. The molecule has 0 aliphatic heterocycles. The average molecular weight is 128 g/mol. The van der Waals surface area contributed by atoms with Crippen molar-refractivity contribution < 1.29 is 0 Å². The molecule has 0 aliphatic rings. The molecule has 0 aromatic rings. The van der Waals surface area contributed by atoms with E-state index < -0.39 is 0 Å². The van der Waals surface area contributed by atoms with Crippen molar-refractivity contribution in [2.75, 3.05) is 0 Å². The third kappa shape index (κ3) is 4.00. The van der Waals surface area contributed by atoms with E-state index in [-0.39, 0.29) is 0 Å². The first-order chi connectivity index (χ1) is 3.81. The third-order valence-electron chi connectivity index (χ3n) is 0.751. The Bertz CT molecular complexity index is 101. The zero-order chi connectivity index (χ0) is 6.41. The first-order valence-corrected chi connectivity index (χ1v) is 3.27. The minimum absolute atomic E-state index is 1.05. The summed E-state index contributed by atoms with van der Waals surface area (Å²) >= 11 is 4.16. The summed E-state index contributed by atoms with van der Waals surface area (Å²) in [4.78, 5) is 1.05. The Balaban J connectivity index is 3.61. The van der Waals surface area contributed by atoms with Crippen molar-refractivity contribution in [3.8, 4) is 0 Å². The first kappa shape index (κ1) is 7.83. The SMILES string of the molecule is CC=C/C(S)=C\CC. The maximum absolute atomic E-state index is 4.16. The van der Waals surface area contributed by atoms with Gasteiger partial charge in [0.15, 0.2) is 0 Å². The molecule has 0 amide bonds. The minimum Gasteiger partial charge on any atom is -0.144 e. The van der Waals surface area contributed by atoms with E-state index in [4.69, 9.17) is 0 Å². The van der Waals surface area contributed by atoms with Crippen LogP contribution in [0.4, 0.5) is 0 Å². The molecule has 0 nitrogen and oxygen atoms in total. The maximum Gasteiger partial charge on any atom is -0.000338 e. The maximum atomic E-state index is 4.16. The Morgan fingerprint density at radius 1 is 1.62 bits per heavy atom. The van der Waals surface area contributed by atoms with Crippen molar-refractivity contribution in [1.29, 1.82) is 0 Å². The number of hydrogen-bond donors (Lipinski definition) is 1. The summed E-state index contributed by atoms with van der Waals surface area (Å²) in [7, 11) is 0. The van der Waals surface area contributed by atoms with Crippen LogP contribution in [0.3, 0.4) is 0 Å². The number of rotatable bonds is 2. The summed E-state index contributed by atoms with van der Waals surface area (Å²) in [5.74, 6) is 0. The number of hydrogen-bond acceptors (Lipinski definition) is 1. The highest BCUT2D eigenvalue weighted by atomic mass is 32.1. The van der Waals surface area contributed by atoms with Gasteiger partial charge in [-0.25, -0.2) is 0 Å².